The molecule has 2 aromatic carbocycles. The van der Waals surface area contributed by atoms with Crippen LogP contribution in [0.25, 0.3) is 0 Å². The van der Waals surface area contributed by atoms with Gasteiger partial charge in [0.15, 0.2) is 0 Å². The lowest BCUT2D eigenvalue weighted by molar-refractivity contribution is -0.129. The first-order valence-corrected chi connectivity index (χ1v) is 10.6. The Hall–Kier alpha value is -2.34. The molecule has 1 aliphatic carbocycles. The Labute approximate surface area is 169 Å². The molecule has 0 heterocycles. The highest BCUT2D eigenvalue weighted by Gasteiger charge is 2.22. The van der Waals surface area contributed by atoms with Crippen LogP contribution in [0.1, 0.15) is 42.5 Å². The zero-order valence-corrected chi connectivity index (χ0v) is 16.8. The molecular weight excluding hydrogens is 375 g/mol. The fourth-order valence-electron chi connectivity index (χ4n) is 3.46. The van der Waals surface area contributed by atoms with Crippen molar-refractivity contribution in [1.82, 2.24) is 4.90 Å². The molecule has 28 heavy (non-hydrogen) atoms. The minimum absolute atomic E-state index is 0.0808. The monoisotopic (exact) mass is 400 g/mol. The number of thioether (sulfide) groups is 1. The number of amides is 2. The van der Waals surface area contributed by atoms with Crippen molar-refractivity contribution in [2.75, 3.05) is 18.1 Å². The summed E-state index contributed by atoms with van der Waals surface area (Å²) in [6.07, 6.45) is 5.75. The van der Waals surface area contributed by atoms with Crippen LogP contribution in [0.15, 0.2) is 53.4 Å². The zero-order valence-electron chi connectivity index (χ0n) is 16.0. The Morgan fingerprint density at radius 1 is 1.11 bits per heavy atom. The van der Waals surface area contributed by atoms with Gasteiger partial charge in [-0.3, -0.25) is 9.59 Å². The van der Waals surface area contributed by atoms with Crippen molar-refractivity contribution in [3.05, 3.63) is 59.9 Å². The first-order valence-electron chi connectivity index (χ1n) is 9.59. The van der Waals surface area contributed by atoms with Gasteiger partial charge >= 0.3 is 0 Å². The quantitative estimate of drug-likeness (QED) is 0.697. The van der Waals surface area contributed by atoms with Crippen molar-refractivity contribution in [1.29, 1.82) is 0 Å². The molecule has 0 aromatic heterocycles. The van der Waals surface area contributed by atoms with Crippen LogP contribution in [0.4, 0.5) is 10.1 Å². The van der Waals surface area contributed by atoms with Gasteiger partial charge in [0.05, 0.1) is 11.3 Å². The largest absolute Gasteiger partial charge is 0.342 e. The second-order valence-corrected chi connectivity index (χ2v) is 8.06. The zero-order chi connectivity index (χ0) is 19.9. The third-order valence-corrected chi connectivity index (χ3v) is 6.14. The number of anilines is 1. The molecule has 148 valence electrons. The molecular formula is C22H25FN2O2S. The molecule has 0 aliphatic heterocycles. The molecule has 2 aromatic rings. The van der Waals surface area contributed by atoms with E-state index in [0.717, 1.165) is 17.7 Å². The second-order valence-electron chi connectivity index (χ2n) is 7.05. The Morgan fingerprint density at radius 3 is 2.61 bits per heavy atom. The number of nitrogens with one attached hydrogen (secondary N) is 1. The first-order chi connectivity index (χ1) is 13.5. The van der Waals surface area contributed by atoms with E-state index in [1.165, 1.54) is 43.2 Å². The molecule has 1 aliphatic rings. The van der Waals surface area contributed by atoms with Gasteiger partial charge in [0.1, 0.15) is 5.82 Å². The van der Waals surface area contributed by atoms with Gasteiger partial charge in [-0.25, -0.2) is 4.39 Å². The molecule has 4 nitrogen and oxygen atoms in total. The molecule has 0 saturated heterocycles. The van der Waals surface area contributed by atoms with Gasteiger partial charge in [0.2, 0.25) is 5.91 Å². The van der Waals surface area contributed by atoms with Crippen LogP contribution >= 0.6 is 11.8 Å². The summed E-state index contributed by atoms with van der Waals surface area (Å²) in [4.78, 5) is 27.8. The highest BCUT2D eigenvalue weighted by atomic mass is 32.2. The predicted octanol–water partition coefficient (Wildman–Crippen LogP) is 4.96. The molecule has 1 fully saturated rings. The summed E-state index contributed by atoms with van der Waals surface area (Å²) in [5.41, 5.74) is 0.878. The number of rotatable bonds is 6. The Morgan fingerprint density at radius 2 is 1.86 bits per heavy atom. The maximum Gasteiger partial charge on any atom is 0.256 e. The van der Waals surface area contributed by atoms with E-state index in [2.05, 4.69) is 5.32 Å². The summed E-state index contributed by atoms with van der Waals surface area (Å²) in [5, 5.41) is 2.71. The molecule has 6 heteroatoms. The average molecular weight is 401 g/mol. The maximum absolute atomic E-state index is 13.3. The van der Waals surface area contributed by atoms with Gasteiger partial charge in [-0.05, 0) is 43.2 Å². The van der Waals surface area contributed by atoms with Crippen molar-refractivity contribution >= 4 is 29.3 Å². The second kappa shape index (κ2) is 9.73. The molecule has 1 N–H and O–H groups in total. The fourth-order valence-corrected chi connectivity index (χ4v) is 4.43. The normalized spacial score (nSPS) is 14.5. The highest BCUT2D eigenvalue weighted by molar-refractivity contribution is 8.00. The van der Waals surface area contributed by atoms with E-state index in [1.54, 1.807) is 24.3 Å². The van der Waals surface area contributed by atoms with E-state index >= 15 is 0 Å². The van der Waals surface area contributed by atoms with Crippen LogP contribution in [0, 0.1) is 5.82 Å². The van der Waals surface area contributed by atoms with Gasteiger partial charge in [0.25, 0.3) is 5.91 Å². The number of nitrogens with zero attached hydrogens (tertiary/aromatic N) is 1. The molecule has 0 bridgehead atoms. The van der Waals surface area contributed by atoms with Crippen molar-refractivity contribution < 1.29 is 14.0 Å². The summed E-state index contributed by atoms with van der Waals surface area (Å²) in [7, 11) is 1.88. The van der Waals surface area contributed by atoms with E-state index in [4.69, 9.17) is 0 Å². The summed E-state index contributed by atoms with van der Waals surface area (Å²) in [5.74, 6) is -0.354. The highest BCUT2D eigenvalue weighted by Crippen LogP contribution is 2.26. The fraction of sp³-hybridized carbons (Fsp3) is 0.364. The van der Waals surface area contributed by atoms with E-state index in [0.29, 0.717) is 17.3 Å². The van der Waals surface area contributed by atoms with E-state index < -0.39 is 5.82 Å². The number of carbonyl (C=O) groups excluding carboxylic acids is 2. The Kier molecular flexibility index (Phi) is 7.09. The molecule has 0 atom stereocenters. The molecule has 0 radical (unpaired) electrons. The molecule has 2 amide bonds. The van der Waals surface area contributed by atoms with Crippen LogP contribution in [0.5, 0.6) is 0 Å². The molecule has 0 spiro atoms. The molecule has 3 rings (SSSR count). The van der Waals surface area contributed by atoms with E-state index in [-0.39, 0.29) is 17.6 Å². The SMILES string of the molecule is CN(C(=O)CSc1ccccc1C(=O)Nc1cccc(F)c1)C1CCCCC1. The minimum atomic E-state index is -0.406. The van der Waals surface area contributed by atoms with Gasteiger partial charge < -0.3 is 10.2 Å². The number of halogens is 1. The average Bonchev–Trinajstić information content (AvgIpc) is 2.72. The summed E-state index contributed by atoms with van der Waals surface area (Å²) in [6.45, 7) is 0. The topological polar surface area (TPSA) is 49.4 Å². The lowest BCUT2D eigenvalue weighted by Gasteiger charge is -2.31. The van der Waals surface area contributed by atoms with Crippen LogP contribution < -0.4 is 5.32 Å². The molecule has 1 saturated carbocycles. The summed E-state index contributed by atoms with van der Waals surface area (Å²) < 4.78 is 13.3. The van der Waals surface area contributed by atoms with Crippen LogP contribution in [-0.4, -0.2) is 35.6 Å². The Bertz CT molecular complexity index is 837. The lowest BCUT2D eigenvalue weighted by Crippen LogP contribution is -2.39. The van der Waals surface area contributed by atoms with Gasteiger partial charge in [-0.1, -0.05) is 37.5 Å². The standard InChI is InChI=1S/C22H25FN2O2S/c1-25(18-10-3-2-4-11-18)21(26)15-28-20-13-6-5-12-19(20)22(27)24-17-9-7-8-16(23)14-17/h5-9,12-14,18H,2-4,10-11,15H2,1H3,(H,24,27). The number of hydrogen-bond donors (Lipinski definition) is 1. The predicted molar refractivity (Wildman–Crippen MR) is 111 cm³/mol. The lowest BCUT2D eigenvalue weighted by atomic mass is 9.94. The van der Waals surface area contributed by atoms with Gasteiger partial charge in [0, 0.05) is 23.7 Å². The number of hydrogen-bond acceptors (Lipinski definition) is 3. The third kappa shape index (κ3) is 5.35. The first kappa shape index (κ1) is 20.4. The van der Waals surface area contributed by atoms with Crippen LogP contribution in [-0.2, 0) is 4.79 Å². The minimum Gasteiger partial charge on any atom is -0.342 e. The van der Waals surface area contributed by atoms with Crippen molar-refractivity contribution in [2.24, 2.45) is 0 Å². The summed E-state index contributed by atoms with van der Waals surface area (Å²) >= 11 is 1.36. The van der Waals surface area contributed by atoms with E-state index in [1.807, 2.05) is 24.1 Å². The van der Waals surface area contributed by atoms with Gasteiger partial charge in [-0.15, -0.1) is 11.8 Å². The number of carbonyl (C=O) groups is 2. The van der Waals surface area contributed by atoms with Crippen molar-refractivity contribution in [3.8, 4) is 0 Å². The van der Waals surface area contributed by atoms with Gasteiger partial charge in [-0.2, -0.15) is 0 Å². The maximum atomic E-state index is 13.3. The smallest absolute Gasteiger partial charge is 0.256 e. The van der Waals surface area contributed by atoms with E-state index in [9.17, 15) is 14.0 Å². The van der Waals surface area contributed by atoms with Crippen LogP contribution in [0.2, 0.25) is 0 Å². The van der Waals surface area contributed by atoms with Crippen molar-refractivity contribution in [2.45, 2.75) is 43.0 Å². The third-order valence-electron chi connectivity index (χ3n) is 5.08. The van der Waals surface area contributed by atoms with Crippen LogP contribution in [0.3, 0.4) is 0 Å². The summed E-state index contributed by atoms with van der Waals surface area (Å²) in [6, 6.07) is 13.3. The van der Waals surface area contributed by atoms with Crippen molar-refractivity contribution in [3.63, 3.8) is 0 Å². The molecule has 0 unspecified atom stereocenters. The number of benzene rings is 2. The Balaban J connectivity index is 1.63.